The molecule has 0 spiro atoms. The largest absolute Gasteiger partial charge is 0.356 e. The average molecular weight is 489 g/mol. The smallest absolute Gasteiger partial charge is 0.225 e. The first-order valence-electron chi connectivity index (χ1n) is 9.88. The molecule has 1 aromatic heterocycles. The van der Waals surface area contributed by atoms with E-state index >= 15 is 0 Å². The van der Waals surface area contributed by atoms with Gasteiger partial charge in [0.1, 0.15) is 0 Å². The molecule has 1 aliphatic heterocycles. The molecule has 27 heavy (non-hydrogen) atoms. The molecule has 0 aliphatic carbocycles. The highest BCUT2D eigenvalue weighted by Crippen LogP contribution is 2.09. The van der Waals surface area contributed by atoms with Crippen molar-refractivity contribution >= 4 is 35.9 Å². The number of hydrogen-bond donors (Lipinski definition) is 2. The van der Waals surface area contributed by atoms with Crippen LogP contribution in [-0.2, 0) is 0 Å². The molecular weight excluding hydrogens is 453 g/mol. The van der Waals surface area contributed by atoms with Crippen LogP contribution in [0.2, 0.25) is 0 Å². The molecule has 0 unspecified atom stereocenters. The van der Waals surface area contributed by atoms with Crippen molar-refractivity contribution in [3.63, 3.8) is 0 Å². The van der Waals surface area contributed by atoms with Gasteiger partial charge in [-0.3, -0.25) is 9.89 Å². The molecule has 1 fully saturated rings. The zero-order valence-electron chi connectivity index (χ0n) is 17.0. The topological polar surface area (TPSA) is 68.7 Å². The summed E-state index contributed by atoms with van der Waals surface area (Å²) in [6.45, 7) is 11.7. The van der Waals surface area contributed by atoms with Crippen molar-refractivity contribution in [3.8, 4) is 0 Å². The van der Waals surface area contributed by atoms with Gasteiger partial charge in [-0.1, -0.05) is 13.8 Å². The Morgan fingerprint density at radius 2 is 1.70 bits per heavy atom. The maximum Gasteiger partial charge on any atom is 0.225 e. The van der Waals surface area contributed by atoms with E-state index in [0.29, 0.717) is 0 Å². The van der Waals surface area contributed by atoms with Gasteiger partial charge in [0.15, 0.2) is 5.96 Å². The van der Waals surface area contributed by atoms with E-state index in [1.54, 1.807) is 0 Å². The zero-order chi connectivity index (χ0) is 18.6. The van der Waals surface area contributed by atoms with Crippen molar-refractivity contribution in [2.45, 2.75) is 33.1 Å². The van der Waals surface area contributed by atoms with Crippen LogP contribution in [0.25, 0.3) is 0 Å². The number of anilines is 1. The highest BCUT2D eigenvalue weighted by Gasteiger charge is 2.18. The number of halogens is 1. The third kappa shape index (κ3) is 9.55. The summed E-state index contributed by atoms with van der Waals surface area (Å²) in [5, 5.41) is 6.81. The van der Waals surface area contributed by atoms with Gasteiger partial charge in [-0.15, -0.1) is 24.0 Å². The molecule has 0 bridgehead atoms. The number of nitrogens with zero attached hydrogens (tertiary/aromatic N) is 5. The number of hydrogen-bond acceptors (Lipinski definition) is 5. The Morgan fingerprint density at radius 1 is 1.07 bits per heavy atom. The van der Waals surface area contributed by atoms with Crippen LogP contribution in [0.4, 0.5) is 5.95 Å². The molecule has 154 valence electrons. The number of nitrogens with one attached hydrogen (secondary N) is 2. The van der Waals surface area contributed by atoms with Crippen molar-refractivity contribution in [1.82, 2.24) is 25.5 Å². The normalized spacial score (nSPS) is 15.6. The van der Waals surface area contributed by atoms with E-state index in [0.717, 1.165) is 70.1 Å². The minimum Gasteiger partial charge on any atom is -0.356 e. The first-order chi connectivity index (χ1) is 12.7. The molecule has 0 atom stereocenters. The molecule has 1 aromatic rings. The third-order valence-corrected chi connectivity index (χ3v) is 4.63. The molecule has 0 radical (unpaired) electrons. The summed E-state index contributed by atoms with van der Waals surface area (Å²) in [6.07, 6.45) is 7.18. The summed E-state index contributed by atoms with van der Waals surface area (Å²) in [4.78, 5) is 17.7. The van der Waals surface area contributed by atoms with Crippen molar-refractivity contribution in [1.29, 1.82) is 0 Å². The maximum atomic E-state index is 4.34. The minimum absolute atomic E-state index is 0. The molecule has 2 rings (SSSR count). The van der Waals surface area contributed by atoms with Crippen molar-refractivity contribution < 1.29 is 0 Å². The quantitative estimate of drug-likeness (QED) is 0.240. The van der Waals surface area contributed by atoms with E-state index in [4.69, 9.17) is 0 Å². The fourth-order valence-electron chi connectivity index (χ4n) is 3.07. The van der Waals surface area contributed by atoms with Gasteiger partial charge in [-0.05, 0) is 37.8 Å². The van der Waals surface area contributed by atoms with Gasteiger partial charge in [0, 0.05) is 58.7 Å². The van der Waals surface area contributed by atoms with E-state index in [1.165, 1.54) is 12.8 Å². The van der Waals surface area contributed by atoms with Crippen LogP contribution in [0.1, 0.15) is 33.1 Å². The van der Waals surface area contributed by atoms with Crippen molar-refractivity contribution in [3.05, 3.63) is 18.5 Å². The van der Waals surface area contributed by atoms with Gasteiger partial charge in [-0.25, -0.2) is 9.97 Å². The van der Waals surface area contributed by atoms with Crippen molar-refractivity contribution in [2.24, 2.45) is 10.9 Å². The molecule has 0 amide bonds. The number of aliphatic imine (C=N–C) groups is 1. The van der Waals surface area contributed by atoms with E-state index in [9.17, 15) is 0 Å². The molecule has 8 heteroatoms. The molecule has 1 aliphatic rings. The molecule has 7 nitrogen and oxygen atoms in total. The summed E-state index contributed by atoms with van der Waals surface area (Å²) >= 11 is 0. The number of rotatable bonds is 9. The lowest BCUT2D eigenvalue weighted by Gasteiger charge is -2.34. The van der Waals surface area contributed by atoms with Gasteiger partial charge in [-0.2, -0.15) is 0 Å². The SMILES string of the molecule is CN=C(NCCCC(C)C)NCCCN1CCN(c2ncccn2)CC1.I. The Bertz CT molecular complexity index is 516. The highest BCUT2D eigenvalue weighted by atomic mass is 127. The van der Waals surface area contributed by atoms with Crippen LogP contribution < -0.4 is 15.5 Å². The zero-order valence-corrected chi connectivity index (χ0v) is 19.4. The maximum absolute atomic E-state index is 4.34. The molecule has 1 saturated heterocycles. The summed E-state index contributed by atoms with van der Waals surface area (Å²) in [7, 11) is 1.84. The summed E-state index contributed by atoms with van der Waals surface area (Å²) < 4.78 is 0. The second-order valence-corrected chi connectivity index (χ2v) is 7.19. The summed E-state index contributed by atoms with van der Waals surface area (Å²) in [5.74, 6) is 2.53. The summed E-state index contributed by atoms with van der Waals surface area (Å²) in [6, 6.07) is 1.86. The lowest BCUT2D eigenvalue weighted by atomic mass is 10.1. The Morgan fingerprint density at radius 3 is 2.30 bits per heavy atom. The Hall–Kier alpha value is -1.16. The lowest BCUT2D eigenvalue weighted by molar-refractivity contribution is 0.254. The van der Waals surface area contributed by atoms with E-state index in [2.05, 4.69) is 49.2 Å². The molecule has 2 heterocycles. The second kappa shape index (κ2) is 13.9. The van der Waals surface area contributed by atoms with Crippen LogP contribution in [0.5, 0.6) is 0 Å². The Kier molecular flexibility index (Phi) is 12.3. The lowest BCUT2D eigenvalue weighted by Crippen LogP contribution is -2.47. The standard InChI is InChI=1S/C19H35N7.HI/c1-17(2)7-4-8-21-18(20-3)22-11-6-12-25-13-15-26(16-14-25)19-23-9-5-10-24-19;/h5,9-10,17H,4,6-8,11-16H2,1-3H3,(H2,20,21,22);1H. The van der Waals surface area contributed by atoms with Gasteiger partial charge in [0.25, 0.3) is 0 Å². The number of aromatic nitrogens is 2. The number of guanidine groups is 1. The van der Waals surface area contributed by atoms with Gasteiger partial charge in [0.2, 0.25) is 5.95 Å². The van der Waals surface area contributed by atoms with Crippen LogP contribution in [0.15, 0.2) is 23.5 Å². The van der Waals surface area contributed by atoms with E-state index < -0.39 is 0 Å². The fraction of sp³-hybridized carbons (Fsp3) is 0.737. The van der Waals surface area contributed by atoms with E-state index in [-0.39, 0.29) is 24.0 Å². The second-order valence-electron chi connectivity index (χ2n) is 7.19. The monoisotopic (exact) mass is 489 g/mol. The molecule has 2 N–H and O–H groups in total. The van der Waals surface area contributed by atoms with Gasteiger partial charge >= 0.3 is 0 Å². The van der Waals surface area contributed by atoms with Gasteiger partial charge < -0.3 is 15.5 Å². The van der Waals surface area contributed by atoms with Crippen LogP contribution in [0.3, 0.4) is 0 Å². The third-order valence-electron chi connectivity index (χ3n) is 4.63. The Labute approximate surface area is 181 Å². The van der Waals surface area contributed by atoms with Crippen LogP contribution in [0, 0.1) is 5.92 Å². The number of piperazine rings is 1. The molecule has 0 saturated carbocycles. The first-order valence-corrected chi connectivity index (χ1v) is 9.88. The highest BCUT2D eigenvalue weighted by molar-refractivity contribution is 14.0. The van der Waals surface area contributed by atoms with Gasteiger partial charge in [0.05, 0.1) is 0 Å². The fourth-order valence-corrected chi connectivity index (χ4v) is 3.07. The van der Waals surface area contributed by atoms with Crippen LogP contribution >= 0.6 is 24.0 Å². The predicted octanol–water partition coefficient (Wildman–Crippen LogP) is 2.21. The molecular formula is C19H36IN7. The van der Waals surface area contributed by atoms with Crippen molar-refractivity contribution in [2.75, 3.05) is 57.8 Å². The minimum atomic E-state index is 0. The Balaban J connectivity index is 0.00000364. The first kappa shape index (κ1) is 23.9. The summed E-state index contributed by atoms with van der Waals surface area (Å²) in [5.41, 5.74) is 0. The van der Waals surface area contributed by atoms with Crippen LogP contribution in [-0.4, -0.2) is 73.7 Å². The van der Waals surface area contributed by atoms with E-state index in [1.807, 2.05) is 25.5 Å². The average Bonchev–Trinajstić information content (AvgIpc) is 2.67. The molecule has 0 aromatic carbocycles. The predicted molar refractivity (Wildman–Crippen MR) is 124 cm³/mol.